The summed E-state index contributed by atoms with van der Waals surface area (Å²) in [7, 11) is -3.41. The number of hydrogen-bond acceptors (Lipinski definition) is 3. The predicted molar refractivity (Wildman–Crippen MR) is 71.4 cm³/mol. The lowest BCUT2D eigenvalue weighted by atomic mass is 10.1. The predicted octanol–water partition coefficient (Wildman–Crippen LogP) is 1.93. The Morgan fingerprint density at radius 1 is 1.50 bits per heavy atom. The molecule has 1 N–H and O–H groups in total. The van der Waals surface area contributed by atoms with Crippen LogP contribution in [0.4, 0.5) is 5.69 Å². The lowest BCUT2D eigenvalue weighted by Crippen LogP contribution is -2.27. The molecule has 1 heterocycles. The van der Waals surface area contributed by atoms with Gasteiger partial charge in [-0.3, -0.25) is 4.31 Å². The zero-order valence-electron chi connectivity index (χ0n) is 9.63. The van der Waals surface area contributed by atoms with E-state index in [-0.39, 0.29) is 22.9 Å². The fraction of sp³-hybridized carbons (Fsp3) is 0.364. The summed E-state index contributed by atoms with van der Waals surface area (Å²) in [5, 5.41) is 9.12. The van der Waals surface area contributed by atoms with Gasteiger partial charge in [0, 0.05) is 11.0 Å². The van der Waals surface area contributed by atoms with E-state index >= 15 is 0 Å². The molecule has 1 aliphatic rings. The molecule has 1 fully saturated rings. The molecule has 0 saturated carbocycles. The van der Waals surface area contributed by atoms with Crippen LogP contribution in [0.15, 0.2) is 22.7 Å². The average molecular weight is 334 g/mol. The lowest BCUT2D eigenvalue weighted by Gasteiger charge is -2.19. The standard InChI is InChI=1S/C11H12BrNO4S/c1-7-5-13(18(16,17)6-7)10-4-8(12)2-3-9(10)11(14)15/h2-4,7H,5-6H2,1H3,(H,14,15). The highest BCUT2D eigenvalue weighted by atomic mass is 79.9. The molecule has 0 aliphatic carbocycles. The molecule has 98 valence electrons. The summed E-state index contributed by atoms with van der Waals surface area (Å²) in [6, 6.07) is 4.51. The van der Waals surface area contributed by atoms with Crippen LogP contribution < -0.4 is 4.31 Å². The van der Waals surface area contributed by atoms with E-state index in [4.69, 9.17) is 5.11 Å². The van der Waals surface area contributed by atoms with Gasteiger partial charge in [-0.2, -0.15) is 0 Å². The Morgan fingerprint density at radius 2 is 2.17 bits per heavy atom. The van der Waals surface area contributed by atoms with Gasteiger partial charge in [0.15, 0.2) is 0 Å². The number of hydrogen-bond donors (Lipinski definition) is 1. The van der Waals surface area contributed by atoms with Crippen LogP contribution in [-0.2, 0) is 10.0 Å². The number of anilines is 1. The second-order valence-electron chi connectivity index (χ2n) is 4.38. The van der Waals surface area contributed by atoms with Crippen LogP contribution in [0.2, 0.25) is 0 Å². The summed E-state index contributed by atoms with van der Waals surface area (Å²) in [4.78, 5) is 11.1. The van der Waals surface area contributed by atoms with E-state index in [2.05, 4.69) is 15.9 Å². The van der Waals surface area contributed by atoms with Gasteiger partial charge in [-0.15, -0.1) is 0 Å². The lowest BCUT2D eigenvalue weighted by molar-refractivity contribution is 0.0697. The smallest absolute Gasteiger partial charge is 0.337 e. The molecule has 1 atom stereocenters. The van der Waals surface area contributed by atoms with E-state index < -0.39 is 16.0 Å². The quantitative estimate of drug-likeness (QED) is 0.897. The summed E-state index contributed by atoms with van der Waals surface area (Å²) in [6.07, 6.45) is 0. The maximum absolute atomic E-state index is 12.0. The fourth-order valence-electron chi connectivity index (χ4n) is 2.04. The van der Waals surface area contributed by atoms with Gasteiger partial charge in [-0.05, 0) is 24.1 Å². The number of halogens is 1. The molecule has 5 nitrogen and oxygen atoms in total. The summed E-state index contributed by atoms with van der Waals surface area (Å²) < 4.78 is 25.8. The Bertz CT molecular complexity index is 599. The van der Waals surface area contributed by atoms with Crippen molar-refractivity contribution in [3.05, 3.63) is 28.2 Å². The van der Waals surface area contributed by atoms with E-state index in [1.165, 1.54) is 16.4 Å². The van der Waals surface area contributed by atoms with Crippen molar-refractivity contribution in [3.8, 4) is 0 Å². The van der Waals surface area contributed by atoms with Crippen LogP contribution in [0.5, 0.6) is 0 Å². The van der Waals surface area contributed by atoms with Crippen molar-refractivity contribution >= 4 is 37.6 Å². The zero-order chi connectivity index (χ0) is 13.5. The molecular weight excluding hydrogens is 322 g/mol. The van der Waals surface area contributed by atoms with Crippen molar-refractivity contribution in [3.63, 3.8) is 0 Å². The van der Waals surface area contributed by atoms with E-state index in [0.29, 0.717) is 11.0 Å². The summed E-state index contributed by atoms with van der Waals surface area (Å²) in [5.41, 5.74) is 0.220. The Labute approximate surface area is 114 Å². The van der Waals surface area contributed by atoms with Crippen molar-refractivity contribution in [2.75, 3.05) is 16.6 Å². The maximum Gasteiger partial charge on any atom is 0.337 e. The molecule has 0 bridgehead atoms. The Morgan fingerprint density at radius 3 is 2.67 bits per heavy atom. The summed E-state index contributed by atoms with van der Waals surface area (Å²) >= 11 is 3.23. The summed E-state index contributed by atoms with van der Waals surface area (Å²) in [6.45, 7) is 2.15. The first-order chi connectivity index (χ1) is 8.31. The molecule has 0 radical (unpaired) electrons. The van der Waals surface area contributed by atoms with Crippen molar-refractivity contribution in [1.29, 1.82) is 0 Å². The van der Waals surface area contributed by atoms with Crippen molar-refractivity contribution in [2.45, 2.75) is 6.92 Å². The number of benzene rings is 1. The topological polar surface area (TPSA) is 74.7 Å². The molecule has 0 amide bonds. The van der Waals surface area contributed by atoms with Crippen LogP contribution in [0.25, 0.3) is 0 Å². The maximum atomic E-state index is 12.0. The summed E-state index contributed by atoms with van der Waals surface area (Å²) in [5.74, 6) is -1.08. The van der Waals surface area contributed by atoms with Crippen molar-refractivity contribution < 1.29 is 18.3 Å². The minimum absolute atomic E-state index is 0.00382. The van der Waals surface area contributed by atoms with Crippen LogP contribution in [0.3, 0.4) is 0 Å². The number of rotatable bonds is 2. The third kappa shape index (κ3) is 2.37. The highest BCUT2D eigenvalue weighted by Gasteiger charge is 2.35. The zero-order valence-corrected chi connectivity index (χ0v) is 12.0. The first-order valence-electron chi connectivity index (χ1n) is 5.34. The average Bonchev–Trinajstić information content (AvgIpc) is 2.51. The Kier molecular flexibility index (Phi) is 3.37. The van der Waals surface area contributed by atoms with Gasteiger partial charge in [0.1, 0.15) is 0 Å². The van der Waals surface area contributed by atoms with E-state index in [1.807, 2.05) is 6.92 Å². The second-order valence-corrected chi connectivity index (χ2v) is 7.24. The monoisotopic (exact) mass is 333 g/mol. The van der Waals surface area contributed by atoms with Gasteiger partial charge < -0.3 is 5.11 Å². The van der Waals surface area contributed by atoms with Gasteiger partial charge in [0.05, 0.1) is 17.0 Å². The number of aromatic carboxylic acids is 1. The van der Waals surface area contributed by atoms with Crippen molar-refractivity contribution in [1.82, 2.24) is 0 Å². The molecule has 1 aromatic rings. The number of nitrogens with zero attached hydrogens (tertiary/aromatic N) is 1. The van der Waals surface area contributed by atoms with Crippen molar-refractivity contribution in [2.24, 2.45) is 5.92 Å². The molecule has 7 heteroatoms. The van der Waals surface area contributed by atoms with Gasteiger partial charge in [0.2, 0.25) is 10.0 Å². The molecular formula is C11H12BrNO4S. The first-order valence-corrected chi connectivity index (χ1v) is 7.75. The fourth-order valence-corrected chi connectivity index (χ4v) is 4.32. The van der Waals surface area contributed by atoms with Gasteiger partial charge in [0.25, 0.3) is 0 Å². The number of carboxylic acids is 1. The normalized spacial score (nSPS) is 22.1. The number of carbonyl (C=O) groups is 1. The van der Waals surface area contributed by atoms with Gasteiger partial charge in [-0.1, -0.05) is 22.9 Å². The highest BCUT2D eigenvalue weighted by Crippen LogP contribution is 2.32. The Balaban J connectivity index is 2.57. The largest absolute Gasteiger partial charge is 0.478 e. The van der Waals surface area contributed by atoms with Crippen LogP contribution in [-0.4, -0.2) is 31.8 Å². The third-order valence-corrected chi connectivity index (χ3v) is 5.27. The minimum atomic E-state index is -3.41. The highest BCUT2D eigenvalue weighted by molar-refractivity contribution is 9.10. The Hall–Kier alpha value is -1.08. The van der Waals surface area contributed by atoms with Gasteiger partial charge >= 0.3 is 5.97 Å². The van der Waals surface area contributed by atoms with Gasteiger partial charge in [-0.25, -0.2) is 13.2 Å². The molecule has 18 heavy (non-hydrogen) atoms. The van der Waals surface area contributed by atoms with Crippen LogP contribution >= 0.6 is 15.9 Å². The molecule has 1 aromatic carbocycles. The van der Waals surface area contributed by atoms with E-state index in [0.717, 1.165) is 0 Å². The number of carboxylic acid groups (broad SMARTS) is 1. The second kappa shape index (κ2) is 4.55. The minimum Gasteiger partial charge on any atom is -0.478 e. The molecule has 1 aliphatic heterocycles. The third-order valence-electron chi connectivity index (χ3n) is 2.77. The molecule has 1 saturated heterocycles. The van der Waals surface area contributed by atoms with Crippen LogP contribution in [0, 0.1) is 5.92 Å². The van der Waals surface area contributed by atoms with E-state index in [1.54, 1.807) is 6.07 Å². The molecule has 0 aromatic heterocycles. The first kappa shape index (κ1) is 13.4. The molecule has 1 unspecified atom stereocenters. The van der Waals surface area contributed by atoms with Crippen LogP contribution in [0.1, 0.15) is 17.3 Å². The SMILES string of the molecule is CC1CN(c2cc(Br)ccc2C(=O)O)S(=O)(=O)C1. The number of sulfonamides is 1. The van der Waals surface area contributed by atoms with E-state index in [9.17, 15) is 13.2 Å². The molecule has 2 rings (SSSR count). The molecule has 0 spiro atoms.